The zero-order valence-corrected chi connectivity index (χ0v) is 7.99. The smallest absolute Gasteiger partial charge is 0.325 e. The second kappa shape index (κ2) is 3.61. The van der Waals surface area contributed by atoms with Gasteiger partial charge < -0.3 is 10.2 Å². The molecule has 0 bridgehead atoms. The summed E-state index contributed by atoms with van der Waals surface area (Å²) in [6, 6.07) is 4.03. The minimum absolute atomic E-state index is 0.0838. The van der Waals surface area contributed by atoms with Gasteiger partial charge >= 0.3 is 5.97 Å². The van der Waals surface area contributed by atoms with Gasteiger partial charge in [-0.3, -0.25) is 9.59 Å². The highest BCUT2D eigenvalue weighted by molar-refractivity contribution is 5.78. The Balaban J connectivity index is 2.68. The fraction of sp³-hybridized carbons (Fsp3) is 0.111. The van der Waals surface area contributed by atoms with Crippen LogP contribution >= 0.6 is 0 Å². The fourth-order valence-corrected chi connectivity index (χ4v) is 1.30. The van der Waals surface area contributed by atoms with Crippen LogP contribution in [0.4, 0.5) is 0 Å². The molecule has 0 amide bonds. The summed E-state index contributed by atoms with van der Waals surface area (Å²) in [5, 5.41) is 25.0. The van der Waals surface area contributed by atoms with E-state index in [0.717, 1.165) is 4.68 Å². The first kappa shape index (κ1) is 10.1. The van der Waals surface area contributed by atoms with Crippen LogP contribution in [-0.4, -0.2) is 31.2 Å². The maximum Gasteiger partial charge on any atom is 0.325 e. The largest absolute Gasteiger partial charge is 0.508 e. The predicted molar refractivity (Wildman–Crippen MR) is 53.1 cm³/mol. The third-order valence-corrected chi connectivity index (χ3v) is 1.99. The lowest BCUT2D eigenvalue weighted by Crippen LogP contribution is -2.27. The molecule has 0 unspecified atom stereocenters. The Morgan fingerprint density at radius 1 is 1.44 bits per heavy atom. The number of aromatic nitrogens is 3. The minimum atomic E-state index is -1.18. The molecule has 0 spiro atoms. The van der Waals surface area contributed by atoms with Crippen molar-refractivity contribution in [2.75, 3.05) is 0 Å². The molecular weight excluding hydrogens is 214 g/mol. The van der Waals surface area contributed by atoms with Gasteiger partial charge in [0.05, 0.1) is 5.39 Å². The molecule has 7 nitrogen and oxygen atoms in total. The van der Waals surface area contributed by atoms with E-state index in [2.05, 4.69) is 10.3 Å². The van der Waals surface area contributed by atoms with E-state index in [-0.39, 0.29) is 11.1 Å². The van der Waals surface area contributed by atoms with Crippen LogP contribution in [0.5, 0.6) is 5.75 Å². The van der Waals surface area contributed by atoms with Gasteiger partial charge in [-0.1, -0.05) is 5.21 Å². The van der Waals surface area contributed by atoms with Gasteiger partial charge in [-0.05, 0) is 18.2 Å². The standard InChI is InChI=1S/C9H7N3O4/c13-5-1-2-7-6(3-5)9(16)12(11-10-7)4-8(14)15/h1-3,13H,4H2,(H,14,15). The number of phenolic OH excluding ortho intramolecular Hbond substituents is 1. The van der Waals surface area contributed by atoms with Crippen LogP contribution in [0.1, 0.15) is 0 Å². The molecule has 2 N–H and O–H groups in total. The summed E-state index contributed by atoms with van der Waals surface area (Å²) in [7, 11) is 0. The molecule has 1 aromatic carbocycles. The molecule has 0 saturated carbocycles. The number of rotatable bonds is 2. The summed E-state index contributed by atoms with van der Waals surface area (Å²) in [6.45, 7) is -0.558. The van der Waals surface area contributed by atoms with E-state index >= 15 is 0 Å². The number of fused-ring (bicyclic) bond motifs is 1. The monoisotopic (exact) mass is 221 g/mol. The molecule has 0 aliphatic heterocycles. The van der Waals surface area contributed by atoms with Crippen molar-refractivity contribution in [3.05, 3.63) is 28.6 Å². The van der Waals surface area contributed by atoms with Crippen molar-refractivity contribution in [2.45, 2.75) is 6.54 Å². The van der Waals surface area contributed by atoms with Gasteiger partial charge in [-0.25, -0.2) is 0 Å². The number of aliphatic carboxylic acids is 1. The minimum Gasteiger partial charge on any atom is -0.508 e. The maximum atomic E-state index is 11.7. The van der Waals surface area contributed by atoms with Crippen LogP contribution in [0.25, 0.3) is 10.9 Å². The van der Waals surface area contributed by atoms with Crippen molar-refractivity contribution >= 4 is 16.9 Å². The topological polar surface area (TPSA) is 105 Å². The van der Waals surface area contributed by atoms with Gasteiger partial charge in [0, 0.05) is 0 Å². The molecule has 0 aliphatic rings. The van der Waals surface area contributed by atoms with Gasteiger partial charge in [0.25, 0.3) is 5.56 Å². The van der Waals surface area contributed by atoms with Gasteiger partial charge in [0.1, 0.15) is 17.8 Å². The highest BCUT2D eigenvalue weighted by Crippen LogP contribution is 2.13. The molecule has 1 heterocycles. The SMILES string of the molecule is O=C(O)Cn1nnc2ccc(O)cc2c1=O. The van der Waals surface area contributed by atoms with E-state index < -0.39 is 18.1 Å². The van der Waals surface area contributed by atoms with Crippen molar-refractivity contribution in [3.63, 3.8) is 0 Å². The van der Waals surface area contributed by atoms with E-state index in [1.54, 1.807) is 0 Å². The van der Waals surface area contributed by atoms with Crippen molar-refractivity contribution in [1.82, 2.24) is 15.0 Å². The average Bonchev–Trinajstić information content (AvgIpc) is 2.22. The fourth-order valence-electron chi connectivity index (χ4n) is 1.30. The number of hydrogen-bond donors (Lipinski definition) is 2. The molecule has 1 aromatic heterocycles. The normalized spacial score (nSPS) is 10.5. The Bertz CT molecular complexity index is 620. The molecular formula is C9H7N3O4. The summed E-state index contributed by atoms with van der Waals surface area (Å²) < 4.78 is 0.726. The van der Waals surface area contributed by atoms with Crippen LogP contribution in [0.15, 0.2) is 23.0 Å². The van der Waals surface area contributed by atoms with Crippen LogP contribution in [-0.2, 0) is 11.3 Å². The maximum absolute atomic E-state index is 11.7. The Kier molecular flexibility index (Phi) is 2.28. The Hall–Kier alpha value is -2.44. The van der Waals surface area contributed by atoms with E-state index in [4.69, 9.17) is 5.11 Å². The first-order chi connectivity index (χ1) is 7.58. The first-order valence-corrected chi connectivity index (χ1v) is 4.36. The third kappa shape index (κ3) is 1.70. The second-order valence-corrected chi connectivity index (χ2v) is 3.15. The van der Waals surface area contributed by atoms with E-state index in [1.807, 2.05) is 0 Å². The molecule has 2 aromatic rings. The summed E-state index contributed by atoms with van der Waals surface area (Å²) in [6.07, 6.45) is 0. The summed E-state index contributed by atoms with van der Waals surface area (Å²) >= 11 is 0. The lowest BCUT2D eigenvalue weighted by atomic mass is 10.2. The lowest BCUT2D eigenvalue weighted by molar-refractivity contribution is -0.138. The number of aromatic hydroxyl groups is 1. The second-order valence-electron chi connectivity index (χ2n) is 3.15. The molecule has 0 aliphatic carbocycles. The third-order valence-electron chi connectivity index (χ3n) is 1.99. The van der Waals surface area contributed by atoms with Gasteiger partial charge in [0.15, 0.2) is 0 Å². The van der Waals surface area contributed by atoms with Crippen molar-refractivity contribution in [2.24, 2.45) is 0 Å². The van der Waals surface area contributed by atoms with Crippen LogP contribution in [0.3, 0.4) is 0 Å². The number of carboxylic acids is 1. The summed E-state index contributed by atoms with van der Waals surface area (Å²) in [5.74, 6) is -1.27. The van der Waals surface area contributed by atoms with Crippen molar-refractivity contribution < 1.29 is 15.0 Å². The highest BCUT2D eigenvalue weighted by Gasteiger charge is 2.08. The van der Waals surface area contributed by atoms with Gasteiger partial charge in [-0.2, -0.15) is 4.68 Å². The van der Waals surface area contributed by atoms with E-state index in [9.17, 15) is 14.7 Å². The Morgan fingerprint density at radius 3 is 2.88 bits per heavy atom. The Labute approximate surface area is 88.6 Å². The number of benzene rings is 1. The van der Waals surface area contributed by atoms with Crippen LogP contribution < -0.4 is 5.56 Å². The van der Waals surface area contributed by atoms with Crippen LogP contribution in [0.2, 0.25) is 0 Å². The summed E-state index contributed by atoms with van der Waals surface area (Å²) in [4.78, 5) is 22.1. The lowest BCUT2D eigenvalue weighted by Gasteiger charge is -2.01. The summed E-state index contributed by atoms with van der Waals surface area (Å²) in [5.41, 5.74) is -0.285. The predicted octanol–water partition coefficient (Wildman–Crippen LogP) is -0.418. The molecule has 82 valence electrons. The molecule has 0 saturated heterocycles. The number of hydrogen-bond acceptors (Lipinski definition) is 5. The molecule has 2 rings (SSSR count). The first-order valence-electron chi connectivity index (χ1n) is 4.36. The van der Waals surface area contributed by atoms with Crippen LogP contribution in [0, 0.1) is 0 Å². The van der Waals surface area contributed by atoms with Gasteiger partial charge in [0.2, 0.25) is 0 Å². The molecule has 0 fully saturated rings. The number of phenols is 1. The molecule has 16 heavy (non-hydrogen) atoms. The molecule has 7 heteroatoms. The molecule has 0 radical (unpaired) electrons. The Morgan fingerprint density at radius 2 is 2.19 bits per heavy atom. The molecule has 0 atom stereocenters. The number of nitrogens with zero attached hydrogens (tertiary/aromatic N) is 3. The average molecular weight is 221 g/mol. The van der Waals surface area contributed by atoms with Crippen molar-refractivity contribution in [1.29, 1.82) is 0 Å². The zero-order valence-electron chi connectivity index (χ0n) is 7.99. The number of carboxylic acid groups (broad SMARTS) is 1. The van der Waals surface area contributed by atoms with Gasteiger partial charge in [-0.15, -0.1) is 5.10 Å². The zero-order chi connectivity index (χ0) is 11.7. The van der Waals surface area contributed by atoms with E-state index in [0.29, 0.717) is 5.52 Å². The quantitative estimate of drug-likeness (QED) is 0.713. The van der Waals surface area contributed by atoms with Crippen molar-refractivity contribution in [3.8, 4) is 5.75 Å². The number of carbonyl (C=O) groups is 1. The van der Waals surface area contributed by atoms with E-state index in [1.165, 1.54) is 18.2 Å². The highest BCUT2D eigenvalue weighted by atomic mass is 16.4.